The number of rotatable bonds is 3. The van der Waals surface area contributed by atoms with Crippen LogP contribution in [-0.4, -0.2) is 23.5 Å². The molecule has 0 aliphatic carbocycles. The van der Waals surface area contributed by atoms with E-state index in [4.69, 9.17) is 4.74 Å². The van der Waals surface area contributed by atoms with Gasteiger partial charge in [0.25, 0.3) is 0 Å². The minimum atomic E-state index is 0. The van der Waals surface area contributed by atoms with Crippen molar-refractivity contribution >= 4 is 16.8 Å². The quantitative estimate of drug-likeness (QED) is 0.864. The Morgan fingerprint density at radius 3 is 3.18 bits per heavy atom. The van der Waals surface area contributed by atoms with Crippen LogP contribution in [0.3, 0.4) is 0 Å². The first-order valence-corrected chi connectivity index (χ1v) is 6.11. The van der Waals surface area contributed by atoms with Crippen molar-refractivity contribution in [1.82, 2.24) is 4.98 Å². The Kier molecular flexibility index (Phi) is 2.59. The summed E-state index contributed by atoms with van der Waals surface area (Å²) in [5.41, 5.74) is 2.52. The Labute approximate surface area is 102 Å². The summed E-state index contributed by atoms with van der Waals surface area (Å²) >= 11 is 0. The highest BCUT2D eigenvalue weighted by molar-refractivity contribution is 5.83. The standard InChI is InChI=1S/C14H16N2O.H2/c1-2-14-16-11(9-17-14)7-10-8-15-13-6-4-3-5-12(10)13;/h3-6,8,11,15H,2,7,9H2,1H3;1H/t11-;/m0./s1. The van der Waals surface area contributed by atoms with Gasteiger partial charge in [0, 0.05) is 31.4 Å². The van der Waals surface area contributed by atoms with Crippen molar-refractivity contribution < 1.29 is 6.16 Å². The molecule has 1 aromatic heterocycles. The van der Waals surface area contributed by atoms with Crippen LogP contribution in [0.5, 0.6) is 0 Å². The molecule has 2 heterocycles. The van der Waals surface area contributed by atoms with Gasteiger partial charge in [-0.2, -0.15) is 0 Å². The van der Waals surface area contributed by atoms with E-state index < -0.39 is 0 Å². The van der Waals surface area contributed by atoms with E-state index in [0.717, 1.165) is 25.3 Å². The van der Waals surface area contributed by atoms with Crippen LogP contribution >= 0.6 is 0 Å². The number of nitrogens with zero attached hydrogens (tertiary/aromatic N) is 1. The van der Waals surface area contributed by atoms with Gasteiger partial charge in [-0.15, -0.1) is 0 Å². The largest absolute Gasteiger partial charge is 0.479 e. The highest BCUT2D eigenvalue weighted by Crippen LogP contribution is 2.21. The van der Waals surface area contributed by atoms with Crippen LogP contribution in [0.2, 0.25) is 0 Å². The van der Waals surface area contributed by atoms with Crippen molar-refractivity contribution in [2.75, 3.05) is 6.61 Å². The fraction of sp³-hybridized carbons (Fsp3) is 0.357. The Morgan fingerprint density at radius 1 is 1.47 bits per heavy atom. The van der Waals surface area contributed by atoms with Crippen molar-refractivity contribution in [2.45, 2.75) is 25.8 Å². The Balaban J connectivity index is 0.00000120. The molecule has 3 heteroatoms. The molecule has 0 amide bonds. The maximum Gasteiger partial charge on any atom is 0.183 e. The molecule has 1 aliphatic heterocycles. The maximum atomic E-state index is 5.52. The number of benzene rings is 1. The van der Waals surface area contributed by atoms with Gasteiger partial charge in [0.05, 0.1) is 6.04 Å². The first-order chi connectivity index (χ1) is 8.36. The Morgan fingerprint density at radius 2 is 2.35 bits per heavy atom. The third-order valence-corrected chi connectivity index (χ3v) is 3.20. The number of H-pyrrole nitrogens is 1. The Hall–Kier alpha value is -1.77. The van der Waals surface area contributed by atoms with E-state index in [0.29, 0.717) is 0 Å². The third kappa shape index (κ3) is 1.93. The van der Waals surface area contributed by atoms with Crippen molar-refractivity contribution in [2.24, 2.45) is 4.99 Å². The Bertz CT molecular complexity index is 562. The summed E-state index contributed by atoms with van der Waals surface area (Å²) < 4.78 is 5.52. The summed E-state index contributed by atoms with van der Waals surface area (Å²) in [4.78, 5) is 7.87. The lowest BCUT2D eigenvalue weighted by atomic mass is 10.1. The predicted molar refractivity (Wildman–Crippen MR) is 71.6 cm³/mol. The lowest BCUT2D eigenvalue weighted by molar-refractivity contribution is 0.310. The number of nitrogens with one attached hydrogen (secondary N) is 1. The highest BCUT2D eigenvalue weighted by Gasteiger charge is 2.19. The number of aromatic nitrogens is 1. The van der Waals surface area contributed by atoms with E-state index in [-0.39, 0.29) is 7.47 Å². The summed E-state index contributed by atoms with van der Waals surface area (Å²) in [6.07, 6.45) is 3.93. The van der Waals surface area contributed by atoms with E-state index >= 15 is 0 Å². The topological polar surface area (TPSA) is 37.4 Å². The van der Waals surface area contributed by atoms with Gasteiger partial charge in [-0.3, -0.25) is 0 Å². The molecule has 0 saturated heterocycles. The SMILES string of the molecule is CCC1=N[C@@H](Cc2c[nH]c3ccccc23)CO1.[HH]. The van der Waals surface area contributed by atoms with E-state index in [1.807, 2.05) is 0 Å². The van der Waals surface area contributed by atoms with Gasteiger partial charge in [0.2, 0.25) is 0 Å². The first kappa shape index (κ1) is 10.4. The fourth-order valence-electron chi connectivity index (χ4n) is 2.32. The van der Waals surface area contributed by atoms with Crippen molar-refractivity contribution in [1.29, 1.82) is 0 Å². The second kappa shape index (κ2) is 4.24. The number of aromatic amines is 1. The molecule has 1 aromatic carbocycles. The molecule has 0 bridgehead atoms. The smallest absolute Gasteiger partial charge is 0.183 e. The summed E-state index contributed by atoms with van der Waals surface area (Å²) in [5.74, 6) is 0.898. The third-order valence-electron chi connectivity index (χ3n) is 3.20. The van der Waals surface area contributed by atoms with Crippen molar-refractivity contribution in [3.05, 3.63) is 36.0 Å². The van der Waals surface area contributed by atoms with Crippen molar-refractivity contribution in [3.8, 4) is 0 Å². The van der Waals surface area contributed by atoms with E-state index in [1.165, 1.54) is 16.5 Å². The number of ether oxygens (including phenoxy) is 1. The lowest BCUT2D eigenvalue weighted by Crippen LogP contribution is -2.09. The molecular formula is C14H18N2O. The summed E-state index contributed by atoms with van der Waals surface area (Å²) in [6, 6.07) is 8.66. The minimum Gasteiger partial charge on any atom is -0.479 e. The molecule has 3 rings (SSSR count). The molecule has 0 saturated carbocycles. The summed E-state index contributed by atoms with van der Waals surface area (Å²) in [7, 11) is 0. The number of hydrogen-bond donors (Lipinski definition) is 1. The van der Waals surface area contributed by atoms with Crippen LogP contribution in [0.15, 0.2) is 35.5 Å². The van der Waals surface area contributed by atoms with Crippen LogP contribution in [0.1, 0.15) is 20.3 Å². The van der Waals surface area contributed by atoms with E-state index in [1.54, 1.807) is 0 Å². The minimum absolute atomic E-state index is 0. The van der Waals surface area contributed by atoms with Gasteiger partial charge in [-0.05, 0) is 11.6 Å². The molecule has 2 aromatic rings. The number of aliphatic imine (C=N–C) groups is 1. The van der Waals surface area contributed by atoms with Gasteiger partial charge >= 0.3 is 0 Å². The molecule has 1 aliphatic rings. The molecule has 17 heavy (non-hydrogen) atoms. The zero-order valence-electron chi connectivity index (χ0n) is 9.94. The zero-order chi connectivity index (χ0) is 11.7. The molecule has 3 nitrogen and oxygen atoms in total. The van der Waals surface area contributed by atoms with Crippen LogP contribution in [0, 0.1) is 0 Å². The molecule has 1 N–H and O–H groups in total. The normalized spacial score (nSPS) is 19.4. The molecular weight excluding hydrogens is 212 g/mol. The van der Waals surface area contributed by atoms with Gasteiger partial charge in [-0.25, -0.2) is 4.99 Å². The second-order valence-electron chi connectivity index (χ2n) is 4.40. The zero-order valence-corrected chi connectivity index (χ0v) is 9.94. The van der Waals surface area contributed by atoms with E-state index in [2.05, 4.69) is 47.4 Å². The van der Waals surface area contributed by atoms with Crippen LogP contribution in [0.4, 0.5) is 0 Å². The van der Waals surface area contributed by atoms with Gasteiger partial charge in [0.1, 0.15) is 6.61 Å². The first-order valence-electron chi connectivity index (χ1n) is 6.11. The van der Waals surface area contributed by atoms with Crippen LogP contribution in [-0.2, 0) is 11.2 Å². The van der Waals surface area contributed by atoms with E-state index in [9.17, 15) is 0 Å². The number of para-hydroxylation sites is 1. The van der Waals surface area contributed by atoms with Gasteiger partial charge in [-0.1, -0.05) is 25.1 Å². The molecule has 0 unspecified atom stereocenters. The highest BCUT2D eigenvalue weighted by atomic mass is 16.5. The average molecular weight is 230 g/mol. The molecule has 90 valence electrons. The summed E-state index contributed by atoms with van der Waals surface area (Å²) in [5, 5.41) is 1.30. The van der Waals surface area contributed by atoms with Gasteiger partial charge < -0.3 is 9.72 Å². The van der Waals surface area contributed by atoms with Crippen molar-refractivity contribution in [3.63, 3.8) is 0 Å². The van der Waals surface area contributed by atoms with Gasteiger partial charge in [0.15, 0.2) is 5.90 Å². The summed E-state index contributed by atoms with van der Waals surface area (Å²) in [6.45, 7) is 2.80. The van der Waals surface area contributed by atoms with Crippen LogP contribution < -0.4 is 0 Å². The monoisotopic (exact) mass is 230 g/mol. The maximum absolute atomic E-state index is 5.52. The fourth-order valence-corrected chi connectivity index (χ4v) is 2.32. The second-order valence-corrected chi connectivity index (χ2v) is 4.40. The molecule has 0 fully saturated rings. The number of hydrogen-bond acceptors (Lipinski definition) is 2. The average Bonchev–Trinajstić information content (AvgIpc) is 2.97. The number of fused-ring (bicyclic) bond motifs is 1. The lowest BCUT2D eigenvalue weighted by Gasteiger charge is -2.03. The predicted octanol–water partition coefficient (Wildman–Crippen LogP) is 3.16. The van der Waals surface area contributed by atoms with Crippen LogP contribution in [0.25, 0.3) is 10.9 Å². The molecule has 1 atom stereocenters. The molecule has 0 spiro atoms. The molecule has 0 radical (unpaired) electrons.